The third-order valence-corrected chi connectivity index (χ3v) is 4.44. The molecule has 1 aliphatic heterocycles. The number of carbonyl (C=O) groups is 1. The van der Waals surface area contributed by atoms with E-state index < -0.39 is 5.91 Å². The average molecular weight is 381 g/mol. The van der Waals surface area contributed by atoms with Gasteiger partial charge in [0.05, 0.1) is 12.1 Å². The molecule has 0 atom stereocenters. The summed E-state index contributed by atoms with van der Waals surface area (Å²) < 4.78 is 17.6. The summed E-state index contributed by atoms with van der Waals surface area (Å²) in [6, 6.07) is 12.2. The molecular formula is C20H19N3O5. The van der Waals surface area contributed by atoms with E-state index in [1.54, 1.807) is 22.8 Å². The molecule has 2 aromatic carbocycles. The third kappa shape index (κ3) is 3.29. The summed E-state index contributed by atoms with van der Waals surface area (Å²) in [4.78, 5) is 12.4. The maximum absolute atomic E-state index is 12.4. The van der Waals surface area contributed by atoms with Crippen molar-refractivity contribution in [2.24, 2.45) is 10.2 Å². The molecule has 1 aromatic heterocycles. The zero-order chi connectivity index (χ0) is 19.5. The van der Waals surface area contributed by atoms with E-state index in [0.29, 0.717) is 42.2 Å². The molecule has 2 heterocycles. The number of nitrogens with zero attached hydrogens (tertiary/aromatic N) is 3. The maximum atomic E-state index is 12.4. The molecule has 0 radical (unpaired) electrons. The Morgan fingerprint density at radius 1 is 1.21 bits per heavy atom. The Morgan fingerprint density at radius 3 is 2.89 bits per heavy atom. The van der Waals surface area contributed by atoms with Crippen molar-refractivity contribution in [3.8, 4) is 17.4 Å². The molecule has 1 aliphatic rings. The number of aromatic nitrogens is 1. The molecule has 8 heteroatoms. The maximum Gasteiger partial charge on any atom is 0.295 e. The van der Waals surface area contributed by atoms with Crippen LogP contribution < -0.4 is 9.47 Å². The van der Waals surface area contributed by atoms with E-state index in [0.717, 1.165) is 5.52 Å². The summed E-state index contributed by atoms with van der Waals surface area (Å²) in [6.07, 6.45) is 0. The monoisotopic (exact) mass is 381 g/mol. The van der Waals surface area contributed by atoms with Crippen molar-refractivity contribution in [3.63, 3.8) is 0 Å². The first-order chi connectivity index (χ1) is 13.7. The highest BCUT2D eigenvalue weighted by Gasteiger charge is 2.18. The van der Waals surface area contributed by atoms with Crippen molar-refractivity contribution in [1.29, 1.82) is 0 Å². The van der Waals surface area contributed by atoms with Crippen LogP contribution in [0.4, 0.5) is 5.69 Å². The number of benzene rings is 2. The number of azo groups is 1. The minimum Gasteiger partial charge on any atom is -0.493 e. The Hall–Kier alpha value is -3.39. The van der Waals surface area contributed by atoms with Crippen molar-refractivity contribution < 1.29 is 24.1 Å². The van der Waals surface area contributed by atoms with E-state index in [-0.39, 0.29) is 18.4 Å². The second-order valence-electron chi connectivity index (χ2n) is 6.11. The van der Waals surface area contributed by atoms with Gasteiger partial charge in [0.15, 0.2) is 17.2 Å². The zero-order valence-corrected chi connectivity index (χ0v) is 15.3. The van der Waals surface area contributed by atoms with Crippen LogP contribution in [0.1, 0.15) is 17.3 Å². The van der Waals surface area contributed by atoms with Gasteiger partial charge in [-0.3, -0.25) is 4.79 Å². The van der Waals surface area contributed by atoms with E-state index in [4.69, 9.17) is 14.2 Å². The Bertz CT molecular complexity index is 1060. The second kappa shape index (κ2) is 7.69. The molecule has 1 N–H and O–H groups in total. The first-order valence-corrected chi connectivity index (χ1v) is 8.92. The zero-order valence-electron chi connectivity index (χ0n) is 15.3. The molecule has 0 bridgehead atoms. The number of aromatic hydroxyl groups is 1. The molecule has 4 rings (SSSR count). The number of fused-ring (bicyclic) bond motifs is 2. The predicted molar refractivity (Wildman–Crippen MR) is 102 cm³/mol. The highest BCUT2D eigenvalue weighted by molar-refractivity contribution is 5.97. The van der Waals surface area contributed by atoms with Crippen LogP contribution in [0.5, 0.6) is 17.4 Å². The Morgan fingerprint density at radius 2 is 2.04 bits per heavy atom. The minimum absolute atomic E-state index is 0.0526. The highest BCUT2D eigenvalue weighted by atomic mass is 16.7. The van der Waals surface area contributed by atoms with Gasteiger partial charge in [0.2, 0.25) is 12.7 Å². The fourth-order valence-corrected chi connectivity index (χ4v) is 3.08. The quantitative estimate of drug-likeness (QED) is 0.514. The first-order valence-electron chi connectivity index (χ1n) is 8.92. The van der Waals surface area contributed by atoms with Crippen LogP contribution in [-0.2, 0) is 11.3 Å². The number of rotatable bonds is 6. The predicted octanol–water partition coefficient (Wildman–Crippen LogP) is 4.04. The molecule has 0 fully saturated rings. The molecule has 0 unspecified atom stereocenters. The standard InChI is InChI=1S/C20H19N3O5/c1-2-26-10-9-23-15-6-4-3-5-14(15)18(20(23)25)21-22-19(24)13-7-8-16-17(11-13)28-12-27-16/h3-8,11,25H,2,9-10,12H2,1H3. The van der Waals surface area contributed by atoms with E-state index in [1.807, 2.05) is 31.2 Å². The van der Waals surface area contributed by atoms with Gasteiger partial charge in [0.1, 0.15) is 0 Å². The summed E-state index contributed by atoms with van der Waals surface area (Å²) in [5, 5.41) is 19.2. The van der Waals surface area contributed by atoms with Crippen LogP contribution in [-0.4, -0.2) is 35.6 Å². The number of amides is 1. The Labute approximate surface area is 161 Å². The smallest absolute Gasteiger partial charge is 0.295 e. The molecule has 8 nitrogen and oxygen atoms in total. The lowest BCUT2D eigenvalue weighted by molar-refractivity contribution is 0.0994. The van der Waals surface area contributed by atoms with Gasteiger partial charge in [-0.05, 0) is 31.2 Å². The normalized spacial score (nSPS) is 12.9. The van der Waals surface area contributed by atoms with Crippen molar-refractivity contribution in [2.45, 2.75) is 13.5 Å². The number of hydrogen-bond donors (Lipinski definition) is 1. The van der Waals surface area contributed by atoms with Gasteiger partial charge >= 0.3 is 0 Å². The van der Waals surface area contributed by atoms with Gasteiger partial charge in [-0.1, -0.05) is 18.2 Å². The first kappa shape index (κ1) is 18.0. The van der Waals surface area contributed by atoms with Crippen LogP contribution in [0.15, 0.2) is 52.7 Å². The van der Waals surface area contributed by atoms with E-state index in [2.05, 4.69) is 10.2 Å². The summed E-state index contributed by atoms with van der Waals surface area (Å²) in [7, 11) is 0. The molecule has 144 valence electrons. The van der Waals surface area contributed by atoms with Crippen LogP contribution >= 0.6 is 0 Å². The SMILES string of the molecule is CCOCCn1c(O)c(N=NC(=O)c2ccc3c(c2)OCO3)c2ccccc21. The Balaban J connectivity index is 1.63. The van der Waals surface area contributed by atoms with E-state index >= 15 is 0 Å². The van der Waals surface area contributed by atoms with E-state index in [9.17, 15) is 9.90 Å². The van der Waals surface area contributed by atoms with Crippen LogP contribution in [0.25, 0.3) is 10.9 Å². The third-order valence-electron chi connectivity index (χ3n) is 4.44. The largest absolute Gasteiger partial charge is 0.493 e. The number of ether oxygens (including phenoxy) is 3. The summed E-state index contributed by atoms with van der Waals surface area (Å²) in [5.41, 5.74) is 1.37. The van der Waals surface area contributed by atoms with E-state index in [1.165, 1.54) is 0 Å². The van der Waals surface area contributed by atoms with Crippen LogP contribution in [0, 0.1) is 0 Å². The topological polar surface area (TPSA) is 94.6 Å². The lowest BCUT2D eigenvalue weighted by Crippen LogP contribution is -2.05. The average Bonchev–Trinajstić information content (AvgIpc) is 3.29. The van der Waals surface area contributed by atoms with Crippen LogP contribution in [0.3, 0.4) is 0 Å². The highest BCUT2D eigenvalue weighted by Crippen LogP contribution is 2.39. The molecular weight excluding hydrogens is 362 g/mol. The van der Waals surface area contributed by atoms with Crippen molar-refractivity contribution in [1.82, 2.24) is 4.57 Å². The summed E-state index contributed by atoms with van der Waals surface area (Å²) in [5.74, 6) is 0.493. The van der Waals surface area contributed by atoms with Gasteiger partial charge in [-0.2, -0.15) is 0 Å². The van der Waals surface area contributed by atoms with Gasteiger partial charge in [-0.15, -0.1) is 10.2 Å². The van der Waals surface area contributed by atoms with Gasteiger partial charge < -0.3 is 23.9 Å². The second-order valence-corrected chi connectivity index (χ2v) is 6.11. The fraction of sp³-hybridized carbons (Fsp3) is 0.250. The Kier molecular flexibility index (Phi) is 4.94. The molecule has 0 spiro atoms. The minimum atomic E-state index is -0.538. The summed E-state index contributed by atoms with van der Waals surface area (Å²) >= 11 is 0. The molecule has 0 saturated heterocycles. The van der Waals surface area contributed by atoms with Gasteiger partial charge in [-0.25, -0.2) is 0 Å². The van der Waals surface area contributed by atoms with Crippen molar-refractivity contribution >= 4 is 22.5 Å². The van der Waals surface area contributed by atoms with Gasteiger partial charge in [0, 0.05) is 24.1 Å². The van der Waals surface area contributed by atoms with Crippen molar-refractivity contribution in [2.75, 3.05) is 20.0 Å². The molecule has 0 aliphatic carbocycles. The van der Waals surface area contributed by atoms with Gasteiger partial charge in [0.25, 0.3) is 5.91 Å². The number of hydrogen-bond acceptors (Lipinski definition) is 6. The molecule has 28 heavy (non-hydrogen) atoms. The molecule has 3 aromatic rings. The summed E-state index contributed by atoms with van der Waals surface area (Å²) in [6.45, 7) is 3.55. The lowest BCUT2D eigenvalue weighted by Gasteiger charge is -2.06. The van der Waals surface area contributed by atoms with Crippen molar-refractivity contribution in [3.05, 3.63) is 48.0 Å². The molecule has 0 saturated carbocycles. The van der Waals surface area contributed by atoms with Crippen LogP contribution in [0.2, 0.25) is 0 Å². The molecule has 1 amide bonds. The number of carbonyl (C=O) groups excluding carboxylic acids is 1. The fourth-order valence-electron chi connectivity index (χ4n) is 3.08. The number of para-hydroxylation sites is 1. The lowest BCUT2D eigenvalue weighted by atomic mass is 10.2.